The predicted molar refractivity (Wildman–Crippen MR) is 56.0 cm³/mol. The average Bonchev–Trinajstić information content (AvgIpc) is 2.16. The molecule has 3 nitrogen and oxygen atoms in total. The first-order valence-corrected chi connectivity index (χ1v) is 5.02. The van der Waals surface area contributed by atoms with Gasteiger partial charge >= 0.3 is 0 Å². The molecule has 0 saturated carbocycles. The SMILES string of the molecule is Cc1nc2c(c(NS)n1)CCCC2. The van der Waals surface area contributed by atoms with E-state index in [0.29, 0.717) is 0 Å². The van der Waals surface area contributed by atoms with E-state index in [2.05, 4.69) is 27.5 Å². The van der Waals surface area contributed by atoms with Crippen molar-refractivity contribution < 1.29 is 0 Å². The van der Waals surface area contributed by atoms with E-state index in [4.69, 9.17) is 0 Å². The topological polar surface area (TPSA) is 37.8 Å². The molecule has 0 atom stereocenters. The number of hydrogen-bond acceptors (Lipinski definition) is 4. The zero-order chi connectivity index (χ0) is 9.26. The maximum atomic E-state index is 4.44. The molecule has 0 radical (unpaired) electrons. The van der Waals surface area contributed by atoms with Crippen LogP contribution in [-0.2, 0) is 12.8 Å². The molecule has 0 amide bonds. The summed E-state index contributed by atoms with van der Waals surface area (Å²) in [5.74, 6) is 1.72. The second-order valence-corrected chi connectivity index (χ2v) is 3.59. The maximum absolute atomic E-state index is 4.44. The fraction of sp³-hybridized carbons (Fsp3) is 0.556. The largest absolute Gasteiger partial charge is 0.317 e. The van der Waals surface area contributed by atoms with E-state index in [9.17, 15) is 0 Å². The third kappa shape index (κ3) is 1.63. The number of aryl methyl sites for hydroxylation is 2. The highest BCUT2D eigenvalue weighted by Crippen LogP contribution is 2.25. The lowest BCUT2D eigenvalue weighted by Gasteiger charge is -2.17. The zero-order valence-corrected chi connectivity index (χ0v) is 8.56. The first kappa shape index (κ1) is 8.81. The van der Waals surface area contributed by atoms with Crippen LogP contribution in [0.1, 0.15) is 29.9 Å². The Kier molecular flexibility index (Phi) is 2.40. The minimum Gasteiger partial charge on any atom is -0.317 e. The summed E-state index contributed by atoms with van der Waals surface area (Å²) < 4.78 is 2.84. The third-order valence-electron chi connectivity index (χ3n) is 2.40. The lowest BCUT2D eigenvalue weighted by molar-refractivity contribution is 0.661. The van der Waals surface area contributed by atoms with Gasteiger partial charge in [-0.15, -0.1) is 0 Å². The molecule has 1 heterocycles. The monoisotopic (exact) mass is 195 g/mol. The quantitative estimate of drug-likeness (QED) is 0.672. The maximum Gasteiger partial charge on any atom is 0.142 e. The number of fused-ring (bicyclic) bond motifs is 1. The molecule has 0 aromatic carbocycles. The van der Waals surface area contributed by atoms with Crippen molar-refractivity contribution in [3.05, 3.63) is 17.1 Å². The van der Waals surface area contributed by atoms with Crippen molar-refractivity contribution in [2.24, 2.45) is 0 Å². The van der Waals surface area contributed by atoms with Gasteiger partial charge in [0.2, 0.25) is 0 Å². The van der Waals surface area contributed by atoms with Gasteiger partial charge in [0.05, 0.1) is 0 Å². The molecular weight excluding hydrogens is 182 g/mol. The fourth-order valence-corrected chi connectivity index (χ4v) is 1.99. The van der Waals surface area contributed by atoms with Gasteiger partial charge in [-0.05, 0) is 32.6 Å². The van der Waals surface area contributed by atoms with E-state index in [0.717, 1.165) is 24.5 Å². The number of anilines is 1. The molecule has 2 rings (SSSR count). The highest BCUT2D eigenvalue weighted by molar-refractivity contribution is 7.81. The van der Waals surface area contributed by atoms with Crippen LogP contribution in [0.25, 0.3) is 0 Å². The first-order chi connectivity index (χ1) is 6.31. The molecule has 0 fully saturated rings. The lowest BCUT2D eigenvalue weighted by atomic mass is 9.96. The summed E-state index contributed by atoms with van der Waals surface area (Å²) in [6, 6.07) is 0. The van der Waals surface area contributed by atoms with Crippen LogP contribution < -0.4 is 4.72 Å². The number of hydrogen-bond donors (Lipinski definition) is 2. The van der Waals surface area contributed by atoms with Gasteiger partial charge in [0.25, 0.3) is 0 Å². The van der Waals surface area contributed by atoms with E-state index < -0.39 is 0 Å². The molecule has 70 valence electrons. The fourth-order valence-electron chi connectivity index (χ4n) is 1.81. The van der Waals surface area contributed by atoms with Crippen molar-refractivity contribution in [3.63, 3.8) is 0 Å². The molecule has 1 aromatic rings. The summed E-state index contributed by atoms with van der Waals surface area (Å²) in [6.45, 7) is 1.92. The van der Waals surface area contributed by atoms with Crippen LogP contribution >= 0.6 is 12.8 Å². The Hall–Kier alpha value is -0.770. The first-order valence-electron chi connectivity index (χ1n) is 4.58. The van der Waals surface area contributed by atoms with E-state index in [1.54, 1.807) is 0 Å². The van der Waals surface area contributed by atoms with Crippen molar-refractivity contribution >= 4 is 18.6 Å². The summed E-state index contributed by atoms with van der Waals surface area (Å²) >= 11 is 4.05. The smallest absolute Gasteiger partial charge is 0.142 e. The van der Waals surface area contributed by atoms with Crippen LogP contribution in [0.15, 0.2) is 0 Å². The van der Waals surface area contributed by atoms with Gasteiger partial charge in [-0.1, -0.05) is 12.8 Å². The lowest BCUT2D eigenvalue weighted by Crippen LogP contribution is -2.10. The van der Waals surface area contributed by atoms with Gasteiger partial charge in [0.1, 0.15) is 11.6 Å². The Bertz CT molecular complexity index is 308. The minimum atomic E-state index is 0.831. The van der Waals surface area contributed by atoms with Gasteiger partial charge in [-0.3, -0.25) is 0 Å². The average molecular weight is 195 g/mol. The van der Waals surface area contributed by atoms with Gasteiger partial charge in [-0.2, -0.15) is 0 Å². The Morgan fingerprint density at radius 2 is 2.00 bits per heavy atom. The van der Waals surface area contributed by atoms with E-state index in [1.165, 1.54) is 24.1 Å². The van der Waals surface area contributed by atoms with E-state index in [1.807, 2.05) is 6.92 Å². The summed E-state index contributed by atoms with van der Waals surface area (Å²) in [7, 11) is 0. The van der Waals surface area contributed by atoms with Crippen molar-refractivity contribution in [1.82, 2.24) is 9.97 Å². The second kappa shape index (κ2) is 3.54. The molecule has 1 aromatic heterocycles. The van der Waals surface area contributed by atoms with Crippen molar-refractivity contribution in [1.29, 1.82) is 0 Å². The number of rotatable bonds is 1. The number of nitrogens with one attached hydrogen (secondary N) is 1. The molecule has 0 unspecified atom stereocenters. The Morgan fingerprint density at radius 3 is 2.77 bits per heavy atom. The summed E-state index contributed by atoms with van der Waals surface area (Å²) in [5.41, 5.74) is 2.46. The zero-order valence-electron chi connectivity index (χ0n) is 7.67. The van der Waals surface area contributed by atoms with Gasteiger partial charge < -0.3 is 4.72 Å². The minimum absolute atomic E-state index is 0.831. The van der Waals surface area contributed by atoms with E-state index in [-0.39, 0.29) is 0 Å². The molecule has 0 saturated heterocycles. The Morgan fingerprint density at radius 1 is 1.23 bits per heavy atom. The molecule has 13 heavy (non-hydrogen) atoms. The number of thiol groups is 1. The Balaban J connectivity index is 2.50. The van der Waals surface area contributed by atoms with Crippen LogP contribution in [0.5, 0.6) is 0 Å². The molecule has 0 spiro atoms. The molecular formula is C9H13N3S. The summed E-state index contributed by atoms with van der Waals surface area (Å²) in [4.78, 5) is 8.74. The molecule has 4 heteroatoms. The van der Waals surface area contributed by atoms with Gasteiger partial charge in [0.15, 0.2) is 0 Å². The summed E-state index contributed by atoms with van der Waals surface area (Å²) in [6.07, 6.45) is 4.65. The van der Waals surface area contributed by atoms with Crippen molar-refractivity contribution in [3.8, 4) is 0 Å². The molecule has 1 aliphatic carbocycles. The van der Waals surface area contributed by atoms with Crippen molar-refractivity contribution in [2.75, 3.05) is 4.72 Å². The standard InChI is InChI=1S/C9H13N3S/c1-6-10-8-5-3-2-4-7(8)9(11-6)12-13/h13H,2-5H2,1H3,(H,10,11,12). The number of aromatic nitrogens is 2. The van der Waals surface area contributed by atoms with Gasteiger partial charge in [-0.25, -0.2) is 9.97 Å². The molecule has 1 aliphatic rings. The van der Waals surface area contributed by atoms with Gasteiger partial charge in [0, 0.05) is 11.3 Å². The second-order valence-electron chi connectivity index (χ2n) is 3.36. The molecule has 0 aliphatic heterocycles. The predicted octanol–water partition coefficient (Wildman–Crippen LogP) is 1.92. The van der Waals surface area contributed by atoms with Crippen LogP contribution in [0.3, 0.4) is 0 Å². The van der Waals surface area contributed by atoms with Crippen LogP contribution in [-0.4, -0.2) is 9.97 Å². The Labute approximate surface area is 83.5 Å². The molecule has 1 N–H and O–H groups in total. The number of nitrogens with zero attached hydrogens (tertiary/aromatic N) is 2. The van der Waals surface area contributed by atoms with Crippen LogP contribution in [0, 0.1) is 6.92 Å². The van der Waals surface area contributed by atoms with Crippen LogP contribution in [0.2, 0.25) is 0 Å². The summed E-state index contributed by atoms with van der Waals surface area (Å²) in [5, 5.41) is 0. The highest BCUT2D eigenvalue weighted by Gasteiger charge is 2.15. The normalized spacial score (nSPS) is 15.2. The van der Waals surface area contributed by atoms with Crippen molar-refractivity contribution in [2.45, 2.75) is 32.6 Å². The van der Waals surface area contributed by atoms with Crippen LogP contribution in [0.4, 0.5) is 5.82 Å². The van der Waals surface area contributed by atoms with E-state index >= 15 is 0 Å². The highest BCUT2D eigenvalue weighted by atomic mass is 32.1. The third-order valence-corrected chi connectivity index (χ3v) is 2.61. The molecule has 0 bridgehead atoms.